The zero-order chi connectivity index (χ0) is 16.5. The van der Waals surface area contributed by atoms with Gasteiger partial charge >= 0.3 is 0 Å². The SMILES string of the molecule is NNCC(O)COCCOCCOCCOCC(O)CNN. The lowest BCUT2D eigenvalue weighted by Gasteiger charge is -2.11. The maximum absolute atomic E-state index is 9.29. The number of aliphatic hydroxyl groups excluding tert-OH is 2. The van der Waals surface area contributed by atoms with Crippen molar-refractivity contribution in [3.8, 4) is 0 Å². The second-order valence-electron chi connectivity index (χ2n) is 4.50. The van der Waals surface area contributed by atoms with E-state index in [1.54, 1.807) is 0 Å². The van der Waals surface area contributed by atoms with Crippen molar-refractivity contribution in [3.63, 3.8) is 0 Å². The summed E-state index contributed by atoms with van der Waals surface area (Å²) in [5, 5.41) is 18.6. The van der Waals surface area contributed by atoms with Gasteiger partial charge in [0.05, 0.1) is 65.1 Å². The molecule has 22 heavy (non-hydrogen) atoms. The van der Waals surface area contributed by atoms with E-state index in [2.05, 4.69) is 10.9 Å². The van der Waals surface area contributed by atoms with Gasteiger partial charge in [0, 0.05) is 13.1 Å². The van der Waals surface area contributed by atoms with Crippen molar-refractivity contribution in [3.05, 3.63) is 0 Å². The molecule has 0 heterocycles. The molecule has 0 rings (SSSR count). The molecule has 0 bridgehead atoms. The summed E-state index contributed by atoms with van der Waals surface area (Å²) in [4.78, 5) is 0. The molecule has 0 fully saturated rings. The molecule has 2 unspecified atom stereocenters. The number of hydrazine groups is 2. The third-order valence-corrected chi connectivity index (χ3v) is 2.44. The topological polar surface area (TPSA) is 153 Å². The molecule has 10 heteroatoms. The molecule has 0 amide bonds. The van der Waals surface area contributed by atoms with Crippen molar-refractivity contribution in [1.29, 1.82) is 0 Å². The quantitative estimate of drug-likeness (QED) is 0.0910. The average Bonchev–Trinajstić information content (AvgIpc) is 2.49. The maximum Gasteiger partial charge on any atom is 0.0911 e. The molecule has 2 atom stereocenters. The van der Waals surface area contributed by atoms with Crippen molar-refractivity contribution in [1.82, 2.24) is 10.9 Å². The van der Waals surface area contributed by atoms with E-state index in [-0.39, 0.29) is 26.3 Å². The number of nitrogens with two attached hydrogens (primary N) is 2. The predicted molar refractivity (Wildman–Crippen MR) is 79.7 cm³/mol. The van der Waals surface area contributed by atoms with Gasteiger partial charge in [-0.3, -0.25) is 22.5 Å². The Morgan fingerprint density at radius 3 is 1.27 bits per heavy atom. The summed E-state index contributed by atoms with van der Waals surface area (Å²) in [6.07, 6.45) is -1.24. The van der Waals surface area contributed by atoms with E-state index >= 15 is 0 Å². The fourth-order valence-corrected chi connectivity index (χ4v) is 1.39. The second-order valence-corrected chi connectivity index (χ2v) is 4.50. The first-order chi connectivity index (χ1) is 10.7. The maximum atomic E-state index is 9.29. The lowest BCUT2D eigenvalue weighted by atomic mass is 10.4. The number of hydrogen-bond acceptors (Lipinski definition) is 10. The van der Waals surface area contributed by atoms with Gasteiger partial charge in [0.15, 0.2) is 0 Å². The van der Waals surface area contributed by atoms with Crippen LogP contribution < -0.4 is 22.5 Å². The van der Waals surface area contributed by atoms with Crippen LogP contribution in [-0.2, 0) is 18.9 Å². The van der Waals surface area contributed by atoms with Crippen LogP contribution in [0.15, 0.2) is 0 Å². The summed E-state index contributed by atoms with van der Waals surface area (Å²) < 4.78 is 20.9. The van der Waals surface area contributed by atoms with Gasteiger partial charge in [0.2, 0.25) is 0 Å². The Kier molecular flexibility index (Phi) is 16.7. The van der Waals surface area contributed by atoms with Crippen LogP contribution in [0.2, 0.25) is 0 Å². The van der Waals surface area contributed by atoms with Crippen LogP contribution >= 0.6 is 0 Å². The molecular formula is C12H30N4O6. The highest BCUT2D eigenvalue weighted by atomic mass is 16.6. The van der Waals surface area contributed by atoms with Gasteiger partial charge in [-0.2, -0.15) is 0 Å². The summed E-state index contributed by atoms with van der Waals surface area (Å²) in [6.45, 7) is 3.58. The molecule has 0 spiro atoms. The minimum absolute atomic E-state index is 0.215. The second kappa shape index (κ2) is 17.0. The van der Waals surface area contributed by atoms with Gasteiger partial charge in [-0.25, -0.2) is 0 Å². The van der Waals surface area contributed by atoms with E-state index in [4.69, 9.17) is 30.6 Å². The van der Waals surface area contributed by atoms with E-state index in [1.807, 2.05) is 0 Å². The Balaban J connectivity index is 3.08. The van der Waals surface area contributed by atoms with Gasteiger partial charge < -0.3 is 29.2 Å². The molecule has 0 aromatic carbocycles. The number of rotatable bonds is 17. The molecule has 0 aromatic rings. The summed E-state index contributed by atoms with van der Waals surface area (Å²) >= 11 is 0. The van der Waals surface area contributed by atoms with Crippen LogP contribution in [0.3, 0.4) is 0 Å². The third kappa shape index (κ3) is 16.0. The summed E-state index contributed by atoms with van der Waals surface area (Å²) in [5.74, 6) is 10.1. The van der Waals surface area contributed by atoms with E-state index in [0.717, 1.165) is 0 Å². The molecule has 10 nitrogen and oxygen atoms in total. The van der Waals surface area contributed by atoms with Crippen LogP contribution in [0.4, 0.5) is 0 Å². The molecular weight excluding hydrogens is 296 g/mol. The fraction of sp³-hybridized carbons (Fsp3) is 1.00. The van der Waals surface area contributed by atoms with Crippen LogP contribution in [-0.4, -0.2) is 88.4 Å². The molecule has 0 radical (unpaired) electrons. The van der Waals surface area contributed by atoms with Crippen molar-refractivity contribution in [2.45, 2.75) is 12.2 Å². The molecule has 0 aromatic heterocycles. The molecule has 8 N–H and O–H groups in total. The van der Waals surface area contributed by atoms with Gasteiger partial charge in [-0.15, -0.1) is 0 Å². The van der Waals surface area contributed by atoms with Gasteiger partial charge in [0.25, 0.3) is 0 Å². The number of ether oxygens (including phenoxy) is 4. The predicted octanol–water partition coefficient (Wildman–Crippen LogP) is -3.30. The Bertz CT molecular complexity index is 206. The van der Waals surface area contributed by atoms with E-state index in [1.165, 1.54) is 0 Å². The monoisotopic (exact) mass is 326 g/mol. The van der Waals surface area contributed by atoms with Crippen molar-refractivity contribution >= 4 is 0 Å². The molecule has 0 aliphatic heterocycles. The summed E-state index contributed by atoms with van der Waals surface area (Å²) in [6, 6.07) is 0. The smallest absolute Gasteiger partial charge is 0.0911 e. The summed E-state index contributed by atoms with van der Waals surface area (Å²) in [7, 11) is 0. The normalized spacial score (nSPS) is 14.2. The minimum atomic E-state index is -0.618. The first-order valence-electron chi connectivity index (χ1n) is 7.24. The molecule has 0 saturated carbocycles. The molecule has 0 aliphatic carbocycles. The highest BCUT2D eigenvalue weighted by molar-refractivity contribution is 4.54. The zero-order valence-corrected chi connectivity index (χ0v) is 12.9. The van der Waals surface area contributed by atoms with Gasteiger partial charge in [-0.05, 0) is 0 Å². The number of hydrogen-bond donors (Lipinski definition) is 6. The average molecular weight is 326 g/mol. The number of nitrogens with one attached hydrogen (secondary N) is 2. The van der Waals surface area contributed by atoms with Crippen LogP contribution in [0.25, 0.3) is 0 Å². The Hall–Kier alpha value is -0.400. The van der Waals surface area contributed by atoms with Crippen LogP contribution in [0.1, 0.15) is 0 Å². The fourth-order valence-electron chi connectivity index (χ4n) is 1.39. The summed E-state index contributed by atoms with van der Waals surface area (Å²) in [5.41, 5.74) is 4.72. The van der Waals surface area contributed by atoms with Crippen LogP contribution in [0.5, 0.6) is 0 Å². The molecule has 134 valence electrons. The highest BCUT2D eigenvalue weighted by Gasteiger charge is 2.02. The lowest BCUT2D eigenvalue weighted by Crippen LogP contribution is -2.34. The van der Waals surface area contributed by atoms with Crippen LogP contribution in [0, 0.1) is 0 Å². The van der Waals surface area contributed by atoms with Gasteiger partial charge in [-0.1, -0.05) is 0 Å². The van der Waals surface area contributed by atoms with Crippen molar-refractivity contribution in [2.24, 2.45) is 11.7 Å². The third-order valence-electron chi connectivity index (χ3n) is 2.44. The number of aliphatic hydroxyl groups is 2. The Morgan fingerprint density at radius 2 is 0.955 bits per heavy atom. The highest BCUT2D eigenvalue weighted by Crippen LogP contribution is 1.87. The standard InChI is InChI=1S/C12H30N4O6/c13-15-7-11(17)9-21-5-3-19-1-2-20-4-6-22-10-12(18)8-16-14/h11-12,15-18H,1-10,13-14H2. The lowest BCUT2D eigenvalue weighted by molar-refractivity contribution is -0.0238. The van der Waals surface area contributed by atoms with Crippen molar-refractivity contribution in [2.75, 3.05) is 65.9 Å². The first kappa shape index (κ1) is 21.6. The minimum Gasteiger partial charge on any atom is -0.389 e. The Labute approximate surface area is 131 Å². The van der Waals surface area contributed by atoms with E-state index < -0.39 is 12.2 Å². The van der Waals surface area contributed by atoms with E-state index in [0.29, 0.717) is 39.6 Å². The van der Waals surface area contributed by atoms with E-state index in [9.17, 15) is 10.2 Å². The largest absolute Gasteiger partial charge is 0.389 e. The first-order valence-corrected chi connectivity index (χ1v) is 7.24. The van der Waals surface area contributed by atoms with Gasteiger partial charge in [0.1, 0.15) is 0 Å². The molecule has 0 saturated heterocycles. The molecule has 0 aliphatic rings. The Morgan fingerprint density at radius 1 is 0.636 bits per heavy atom. The zero-order valence-electron chi connectivity index (χ0n) is 12.9. The van der Waals surface area contributed by atoms with Crippen molar-refractivity contribution < 1.29 is 29.2 Å².